The van der Waals surface area contributed by atoms with Crippen molar-refractivity contribution in [1.82, 2.24) is 5.32 Å². The molecule has 0 saturated carbocycles. The zero-order valence-corrected chi connectivity index (χ0v) is 16.4. The molecule has 1 aliphatic rings. The van der Waals surface area contributed by atoms with E-state index in [9.17, 15) is 9.59 Å². The van der Waals surface area contributed by atoms with Crippen molar-refractivity contribution in [2.75, 3.05) is 20.3 Å². The van der Waals surface area contributed by atoms with Crippen LogP contribution in [0.15, 0.2) is 45.6 Å². The lowest BCUT2D eigenvalue weighted by molar-refractivity contribution is -0.0479. The predicted molar refractivity (Wildman–Crippen MR) is 106 cm³/mol. The van der Waals surface area contributed by atoms with Gasteiger partial charge in [0.15, 0.2) is 0 Å². The predicted octanol–water partition coefficient (Wildman–Crippen LogP) is 2.66. The quantitative estimate of drug-likeness (QED) is 0.793. The van der Waals surface area contributed by atoms with Crippen molar-refractivity contribution in [2.24, 2.45) is 0 Å². The van der Waals surface area contributed by atoms with Gasteiger partial charge in [-0.2, -0.15) is 0 Å². The average Bonchev–Trinajstić information content (AvgIpc) is 2.69. The third-order valence-electron chi connectivity index (χ3n) is 5.08. The Labute approximate surface area is 164 Å². The van der Waals surface area contributed by atoms with Gasteiger partial charge in [-0.15, -0.1) is 0 Å². The van der Waals surface area contributed by atoms with Crippen LogP contribution < -0.4 is 10.9 Å². The van der Waals surface area contributed by atoms with Gasteiger partial charge in [-0.05, 0) is 43.4 Å². The van der Waals surface area contributed by atoms with Crippen LogP contribution in [-0.4, -0.2) is 38.4 Å². The Balaban J connectivity index is 1.64. The summed E-state index contributed by atoms with van der Waals surface area (Å²) in [6, 6.07) is 11.8. The number of carbonyl (C=O) groups excluding carboxylic acids is 1. The number of methoxy groups -OCH3 is 1. The molecule has 2 heterocycles. The molecule has 6 heteroatoms. The van der Waals surface area contributed by atoms with Crippen LogP contribution in [0.3, 0.4) is 0 Å². The number of nitrogens with one attached hydrogen (secondary N) is 1. The lowest BCUT2D eigenvalue weighted by Crippen LogP contribution is -2.50. The second-order valence-corrected chi connectivity index (χ2v) is 7.12. The third-order valence-corrected chi connectivity index (χ3v) is 5.08. The van der Waals surface area contributed by atoms with Gasteiger partial charge >= 0.3 is 5.63 Å². The summed E-state index contributed by atoms with van der Waals surface area (Å²) in [7, 11) is 1.59. The summed E-state index contributed by atoms with van der Waals surface area (Å²) in [5, 5.41) is 2.90. The Kier molecular flexibility index (Phi) is 7.01. The Morgan fingerprint density at radius 1 is 1.25 bits per heavy atom. The van der Waals surface area contributed by atoms with Crippen molar-refractivity contribution in [1.29, 1.82) is 0 Å². The molecule has 1 aliphatic heterocycles. The van der Waals surface area contributed by atoms with Gasteiger partial charge in [0.1, 0.15) is 17.4 Å². The SMILES string of the molecule is CO[C@H]1COCC[C@@H]1NC(=O)c1c(C)cc(CCCc2ccccc2)oc1=O. The van der Waals surface area contributed by atoms with E-state index in [2.05, 4.69) is 17.4 Å². The smallest absolute Gasteiger partial charge is 0.349 e. The monoisotopic (exact) mass is 385 g/mol. The van der Waals surface area contributed by atoms with Crippen LogP contribution >= 0.6 is 0 Å². The highest BCUT2D eigenvalue weighted by Gasteiger charge is 2.29. The maximum absolute atomic E-state index is 12.7. The summed E-state index contributed by atoms with van der Waals surface area (Å²) in [4.78, 5) is 25.1. The maximum atomic E-state index is 12.7. The topological polar surface area (TPSA) is 77.8 Å². The zero-order chi connectivity index (χ0) is 19.9. The van der Waals surface area contributed by atoms with E-state index in [1.807, 2.05) is 18.2 Å². The standard InChI is InChI=1S/C22H27NO5/c1-15-13-17(10-6-9-16-7-4-3-5-8-16)28-22(25)20(15)21(24)23-18-11-12-27-14-19(18)26-2/h3-5,7-8,13,18-19H,6,9-12,14H2,1-2H3,(H,23,24)/t18-,19-/m0/s1. The number of rotatable bonds is 7. The minimum atomic E-state index is -0.590. The summed E-state index contributed by atoms with van der Waals surface area (Å²) < 4.78 is 16.1. The van der Waals surface area contributed by atoms with E-state index in [-0.39, 0.29) is 17.7 Å². The number of aryl methyl sites for hydroxylation is 3. The number of ether oxygens (including phenoxy) is 2. The normalized spacial score (nSPS) is 19.4. The first kappa shape index (κ1) is 20.3. The molecule has 3 rings (SSSR count). The lowest BCUT2D eigenvalue weighted by atomic mass is 10.0. The summed E-state index contributed by atoms with van der Waals surface area (Å²) in [5.41, 5.74) is 1.35. The van der Waals surface area contributed by atoms with Gasteiger partial charge in [0.2, 0.25) is 0 Å². The van der Waals surface area contributed by atoms with Crippen molar-refractivity contribution in [3.05, 3.63) is 69.3 Å². The highest BCUT2D eigenvalue weighted by molar-refractivity contribution is 5.95. The number of hydrogen-bond acceptors (Lipinski definition) is 5. The van der Waals surface area contributed by atoms with Gasteiger partial charge in [-0.25, -0.2) is 4.79 Å². The van der Waals surface area contributed by atoms with Gasteiger partial charge in [0.05, 0.1) is 12.6 Å². The molecule has 6 nitrogen and oxygen atoms in total. The molecular formula is C22H27NO5. The van der Waals surface area contributed by atoms with Crippen molar-refractivity contribution in [3.8, 4) is 0 Å². The molecule has 1 N–H and O–H groups in total. The fourth-order valence-corrected chi connectivity index (χ4v) is 3.53. The minimum absolute atomic E-state index is 0.0631. The molecule has 1 fully saturated rings. The van der Waals surface area contributed by atoms with E-state index in [1.54, 1.807) is 20.1 Å². The highest BCUT2D eigenvalue weighted by atomic mass is 16.5. The molecular weight excluding hydrogens is 358 g/mol. The lowest BCUT2D eigenvalue weighted by Gasteiger charge is -2.31. The molecule has 1 aromatic carbocycles. The van der Waals surface area contributed by atoms with Gasteiger partial charge in [0, 0.05) is 20.1 Å². The van der Waals surface area contributed by atoms with Crippen LogP contribution in [0.25, 0.3) is 0 Å². The largest absolute Gasteiger partial charge is 0.427 e. The highest BCUT2D eigenvalue weighted by Crippen LogP contribution is 2.14. The Hall–Kier alpha value is -2.44. The van der Waals surface area contributed by atoms with E-state index in [1.165, 1.54) is 5.56 Å². The van der Waals surface area contributed by atoms with E-state index >= 15 is 0 Å². The average molecular weight is 385 g/mol. The van der Waals surface area contributed by atoms with Crippen LogP contribution in [0.2, 0.25) is 0 Å². The third kappa shape index (κ3) is 5.09. The molecule has 0 radical (unpaired) electrons. The molecule has 2 atom stereocenters. The summed E-state index contributed by atoms with van der Waals surface area (Å²) in [6.07, 6.45) is 2.86. The molecule has 1 amide bonds. The Morgan fingerprint density at radius 3 is 2.75 bits per heavy atom. The Morgan fingerprint density at radius 2 is 2.04 bits per heavy atom. The van der Waals surface area contributed by atoms with Crippen molar-refractivity contribution in [3.63, 3.8) is 0 Å². The first-order valence-corrected chi connectivity index (χ1v) is 9.67. The minimum Gasteiger partial charge on any atom is -0.427 e. The van der Waals surface area contributed by atoms with Crippen LogP contribution in [-0.2, 0) is 22.3 Å². The van der Waals surface area contributed by atoms with Crippen molar-refractivity contribution in [2.45, 2.75) is 44.8 Å². The van der Waals surface area contributed by atoms with Crippen LogP contribution in [0, 0.1) is 6.92 Å². The molecule has 0 spiro atoms. The molecule has 1 aromatic heterocycles. The molecule has 150 valence electrons. The fraction of sp³-hybridized carbons (Fsp3) is 0.455. The molecule has 28 heavy (non-hydrogen) atoms. The molecule has 2 aromatic rings. The van der Waals surface area contributed by atoms with Crippen molar-refractivity contribution < 1.29 is 18.7 Å². The molecule has 0 aliphatic carbocycles. The second kappa shape index (κ2) is 9.66. The summed E-state index contributed by atoms with van der Waals surface area (Å²) in [5.74, 6) is 0.187. The van der Waals surface area contributed by atoms with E-state index in [0.29, 0.717) is 37.4 Å². The number of carbonyl (C=O) groups is 1. The second-order valence-electron chi connectivity index (χ2n) is 7.12. The number of amides is 1. The first-order valence-electron chi connectivity index (χ1n) is 9.67. The molecule has 1 saturated heterocycles. The van der Waals surface area contributed by atoms with Crippen molar-refractivity contribution >= 4 is 5.91 Å². The number of benzene rings is 1. The molecule has 0 unspecified atom stereocenters. The molecule has 0 bridgehead atoms. The van der Waals surface area contributed by atoms with Crippen LogP contribution in [0.5, 0.6) is 0 Å². The van der Waals surface area contributed by atoms with Gasteiger partial charge in [0.25, 0.3) is 5.91 Å². The Bertz CT molecular complexity index is 846. The zero-order valence-electron chi connectivity index (χ0n) is 16.4. The van der Waals surface area contributed by atoms with E-state index in [4.69, 9.17) is 13.9 Å². The maximum Gasteiger partial charge on any atom is 0.349 e. The van der Waals surface area contributed by atoms with Gasteiger partial charge < -0.3 is 19.2 Å². The number of hydrogen-bond donors (Lipinski definition) is 1. The van der Waals surface area contributed by atoms with E-state index < -0.39 is 11.5 Å². The fourth-order valence-electron chi connectivity index (χ4n) is 3.53. The summed E-state index contributed by atoms with van der Waals surface area (Å²) in [6.45, 7) is 2.75. The first-order chi connectivity index (χ1) is 13.6. The van der Waals surface area contributed by atoms with Gasteiger partial charge in [-0.3, -0.25) is 4.79 Å². The van der Waals surface area contributed by atoms with E-state index in [0.717, 1.165) is 12.8 Å². The summed E-state index contributed by atoms with van der Waals surface area (Å²) >= 11 is 0. The van der Waals surface area contributed by atoms with Crippen LogP contribution in [0.1, 0.15) is 40.1 Å². The van der Waals surface area contributed by atoms with Gasteiger partial charge in [-0.1, -0.05) is 30.3 Å². The van der Waals surface area contributed by atoms with Crippen LogP contribution in [0.4, 0.5) is 0 Å².